The molecular formula is C20H21N3O2S. The molecule has 0 aliphatic rings. The SMILES string of the molecule is Cc1cccnc1-n1c(SCC(=O)C(C)(C)C)nc2ccccc2c1=O. The predicted octanol–water partition coefficient (Wildman–Crippen LogP) is 3.80. The summed E-state index contributed by atoms with van der Waals surface area (Å²) in [5, 5.41) is 1.01. The van der Waals surface area contributed by atoms with Crippen LogP contribution in [0.1, 0.15) is 26.3 Å². The number of carbonyl (C=O) groups is 1. The van der Waals surface area contributed by atoms with Crippen molar-refractivity contribution in [2.45, 2.75) is 32.9 Å². The van der Waals surface area contributed by atoms with Crippen LogP contribution in [-0.4, -0.2) is 26.1 Å². The largest absolute Gasteiger partial charge is 0.298 e. The molecule has 3 rings (SSSR count). The smallest absolute Gasteiger partial charge is 0.267 e. The van der Waals surface area contributed by atoms with Gasteiger partial charge < -0.3 is 0 Å². The standard InChI is InChI=1S/C20H21N3O2S/c1-13-8-7-11-21-17(13)23-18(25)14-9-5-6-10-15(14)22-19(23)26-12-16(24)20(2,3)4/h5-11H,12H2,1-4H3. The Kier molecular flexibility index (Phi) is 4.96. The third-order valence-electron chi connectivity index (χ3n) is 4.11. The highest BCUT2D eigenvalue weighted by Crippen LogP contribution is 2.25. The van der Waals surface area contributed by atoms with Crippen LogP contribution in [0.2, 0.25) is 0 Å². The number of fused-ring (bicyclic) bond motifs is 1. The molecule has 0 amide bonds. The maximum Gasteiger partial charge on any atom is 0.267 e. The average Bonchev–Trinajstić information content (AvgIpc) is 2.60. The molecule has 134 valence electrons. The number of pyridine rings is 1. The number of hydrogen-bond donors (Lipinski definition) is 0. The molecule has 2 aromatic heterocycles. The van der Waals surface area contributed by atoms with E-state index in [1.165, 1.54) is 16.3 Å². The summed E-state index contributed by atoms with van der Waals surface area (Å²) >= 11 is 1.28. The molecule has 0 spiro atoms. The lowest BCUT2D eigenvalue weighted by molar-refractivity contribution is -0.123. The van der Waals surface area contributed by atoms with Crippen molar-refractivity contribution in [3.8, 4) is 5.82 Å². The molecule has 1 aromatic carbocycles. The fraction of sp³-hybridized carbons (Fsp3) is 0.300. The first-order valence-corrected chi connectivity index (χ1v) is 9.37. The zero-order chi connectivity index (χ0) is 18.9. The Morgan fingerprint density at radius 3 is 2.58 bits per heavy atom. The Bertz CT molecular complexity index is 1040. The van der Waals surface area contributed by atoms with Gasteiger partial charge in [-0.05, 0) is 30.7 Å². The molecule has 6 heteroatoms. The normalized spacial score (nSPS) is 11.7. The quantitative estimate of drug-likeness (QED) is 0.518. The molecular weight excluding hydrogens is 346 g/mol. The molecule has 0 atom stereocenters. The number of thioether (sulfide) groups is 1. The van der Waals surface area contributed by atoms with Gasteiger partial charge in [0.05, 0.1) is 16.7 Å². The lowest BCUT2D eigenvalue weighted by Gasteiger charge is -2.17. The lowest BCUT2D eigenvalue weighted by atomic mass is 9.92. The second-order valence-corrected chi connectivity index (χ2v) is 8.10. The van der Waals surface area contributed by atoms with Gasteiger partial charge in [-0.15, -0.1) is 0 Å². The molecule has 0 fully saturated rings. The summed E-state index contributed by atoms with van der Waals surface area (Å²) in [5.74, 6) is 0.899. The first-order valence-electron chi connectivity index (χ1n) is 8.39. The van der Waals surface area contributed by atoms with E-state index in [9.17, 15) is 9.59 Å². The van der Waals surface area contributed by atoms with Crippen molar-refractivity contribution in [3.05, 3.63) is 58.5 Å². The summed E-state index contributed by atoms with van der Waals surface area (Å²) in [5.41, 5.74) is 0.877. The Labute approximate surface area is 156 Å². The van der Waals surface area contributed by atoms with Crippen molar-refractivity contribution in [1.29, 1.82) is 0 Å². The van der Waals surface area contributed by atoms with E-state index in [-0.39, 0.29) is 17.1 Å². The number of aromatic nitrogens is 3. The summed E-state index contributed by atoms with van der Waals surface area (Å²) < 4.78 is 1.51. The van der Waals surface area contributed by atoms with Gasteiger partial charge in [-0.1, -0.05) is 50.7 Å². The van der Waals surface area contributed by atoms with Crippen LogP contribution in [0.5, 0.6) is 0 Å². The number of para-hydroxylation sites is 1. The minimum absolute atomic E-state index is 0.106. The van der Waals surface area contributed by atoms with E-state index < -0.39 is 5.41 Å². The first kappa shape index (κ1) is 18.3. The monoisotopic (exact) mass is 367 g/mol. The highest BCUT2D eigenvalue weighted by molar-refractivity contribution is 7.99. The summed E-state index contributed by atoms with van der Waals surface area (Å²) in [4.78, 5) is 34.5. The van der Waals surface area contributed by atoms with Crippen LogP contribution in [0.15, 0.2) is 52.5 Å². The Morgan fingerprint density at radius 1 is 1.15 bits per heavy atom. The fourth-order valence-corrected chi connectivity index (χ4v) is 3.61. The molecule has 5 nitrogen and oxygen atoms in total. The van der Waals surface area contributed by atoms with Crippen LogP contribution in [0.3, 0.4) is 0 Å². The number of nitrogens with zero attached hydrogens (tertiary/aromatic N) is 3. The van der Waals surface area contributed by atoms with Crippen molar-refractivity contribution in [1.82, 2.24) is 14.5 Å². The van der Waals surface area contributed by atoms with E-state index >= 15 is 0 Å². The minimum atomic E-state index is -0.435. The zero-order valence-electron chi connectivity index (χ0n) is 15.3. The molecule has 0 saturated heterocycles. The third kappa shape index (κ3) is 3.55. The molecule has 0 aliphatic carbocycles. The Balaban J connectivity index is 2.17. The van der Waals surface area contributed by atoms with Crippen molar-refractivity contribution >= 4 is 28.4 Å². The van der Waals surface area contributed by atoms with Crippen molar-refractivity contribution in [2.75, 3.05) is 5.75 Å². The molecule has 0 radical (unpaired) electrons. The maximum atomic E-state index is 13.1. The molecule has 26 heavy (non-hydrogen) atoms. The van der Waals surface area contributed by atoms with Gasteiger partial charge in [0.2, 0.25) is 0 Å². The number of ketones is 1. The molecule has 0 bridgehead atoms. The van der Waals surface area contributed by atoms with Crippen molar-refractivity contribution < 1.29 is 4.79 Å². The van der Waals surface area contributed by atoms with Crippen LogP contribution in [0.4, 0.5) is 0 Å². The molecule has 0 unspecified atom stereocenters. The van der Waals surface area contributed by atoms with Crippen LogP contribution in [0.25, 0.3) is 16.7 Å². The summed E-state index contributed by atoms with van der Waals surface area (Å²) in [7, 11) is 0. The number of Topliss-reactive ketones (excluding diaryl/α,β-unsaturated/α-hetero) is 1. The number of benzene rings is 1. The van der Waals surface area contributed by atoms with Gasteiger partial charge in [0.1, 0.15) is 11.6 Å². The maximum absolute atomic E-state index is 13.1. The fourth-order valence-electron chi connectivity index (χ4n) is 2.45. The zero-order valence-corrected chi connectivity index (χ0v) is 16.1. The highest BCUT2D eigenvalue weighted by Gasteiger charge is 2.23. The summed E-state index contributed by atoms with van der Waals surface area (Å²) in [6, 6.07) is 11.0. The van der Waals surface area contributed by atoms with Gasteiger partial charge in [-0.3, -0.25) is 9.59 Å². The predicted molar refractivity (Wildman–Crippen MR) is 105 cm³/mol. The van der Waals surface area contributed by atoms with Gasteiger partial charge in [0, 0.05) is 11.6 Å². The van der Waals surface area contributed by atoms with Gasteiger partial charge in [-0.2, -0.15) is 0 Å². The molecule has 3 aromatic rings. The summed E-state index contributed by atoms with van der Waals surface area (Å²) in [6.45, 7) is 7.57. The number of aryl methyl sites for hydroxylation is 1. The highest BCUT2D eigenvalue weighted by atomic mass is 32.2. The molecule has 0 aliphatic heterocycles. The third-order valence-corrected chi connectivity index (χ3v) is 5.05. The molecule has 0 N–H and O–H groups in total. The molecule has 0 saturated carbocycles. The summed E-state index contributed by atoms with van der Waals surface area (Å²) in [6.07, 6.45) is 1.65. The van der Waals surface area contributed by atoms with Crippen LogP contribution < -0.4 is 5.56 Å². The number of rotatable bonds is 4. The minimum Gasteiger partial charge on any atom is -0.298 e. The van der Waals surface area contributed by atoms with E-state index in [1.54, 1.807) is 12.3 Å². The van der Waals surface area contributed by atoms with Crippen molar-refractivity contribution in [3.63, 3.8) is 0 Å². The second kappa shape index (κ2) is 7.03. The van der Waals surface area contributed by atoms with Gasteiger partial charge in [-0.25, -0.2) is 14.5 Å². The van der Waals surface area contributed by atoms with Crippen molar-refractivity contribution in [2.24, 2.45) is 5.41 Å². The second-order valence-electron chi connectivity index (χ2n) is 7.16. The van der Waals surface area contributed by atoms with Crippen LogP contribution >= 0.6 is 11.8 Å². The molecule has 2 heterocycles. The average molecular weight is 367 g/mol. The Hall–Kier alpha value is -2.47. The number of hydrogen-bond acceptors (Lipinski definition) is 5. The van der Waals surface area contributed by atoms with E-state index in [4.69, 9.17) is 0 Å². The van der Waals surface area contributed by atoms with Crippen LogP contribution in [0, 0.1) is 12.3 Å². The first-order chi connectivity index (χ1) is 12.3. The van der Waals surface area contributed by atoms with Crippen LogP contribution in [-0.2, 0) is 4.79 Å². The van der Waals surface area contributed by atoms with Gasteiger partial charge in [0.15, 0.2) is 5.16 Å². The van der Waals surface area contributed by atoms with E-state index in [2.05, 4.69) is 9.97 Å². The van der Waals surface area contributed by atoms with E-state index in [0.717, 1.165) is 5.56 Å². The van der Waals surface area contributed by atoms with Gasteiger partial charge in [0.25, 0.3) is 5.56 Å². The van der Waals surface area contributed by atoms with E-state index in [1.807, 2.05) is 58.0 Å². The number of carbonyl (C=O) groups excluding carboxylic acids is 1. The topological polar surface area (TPSA) is 64.8 Å². The van der Waals surface area contributed by atoms with Gasteiger partial charge >= 0.3 is 0 Å². The van der Waals surface area contributed by atoms with E-state index in [0.29, 0.717) is 21.9 Å². The Morgan fingerprint density at radius 2 is 1.88 bits per heavy atom. The lowest BCUT2D eigenvalue weighted by Crippen LogP contribution is -2.25.